The average Bonchev–Trinajstić information content (AvgIpc) is 3.30. The van der Waals surface area contributed by atoms with E-state index in [9.17, 15) is 18.7 Å². The number of benzene rings is 2. The molecule has 1 saturated carbocycles. The smallest absolute Gasteiger partial charge is 0.251 e. The summed E-state index contributed by atoms with van der Waals surface area (Å²) in [6.45, 7) is 0.430. The van der Waals surface area contributed by atoms with Crippen molar-refractivity contribution in [2.24, 2.45) is 5.92 Å². The van der Waals surface area contributed by atoms with Crippen molar-refractivity contribution in [3.05, 3.63) is 72.4 Å². The Morgan fingerprint density at radius 1 is 1.03 bits per heavy atom. The van der Waals surface area contributed by atoms with Crippen molar-refractivity contribution in [2.45, 2.75) is 31.7 Å². The van der Waals surface area contributed by atoms with Crippen LogP contribution in [0, 0.1) is 17.6 Å². The second-order valence-corrected chi connectivity index (χ2v) is 8.68. The molecule has 9 heteroatoms. The summed E-state index contributed by atoms with van der Waals surface area (Å²) in [7, 11) is 0. The zero-order chi connectivity index (χ0) is 23.7. The molecule has 0 bridgehead atoms. The Balaban J connectivity index is 1.18. The van der Waals surface area contributed by atoms with E-state index in [1.54, 1.807) is 12.4 Å². The lowest BCUT2D eigenvalue weighted by Gasteiger charge is -2.28. The topological polar surface area (TPSA) is 92.9 Å². The van der Waals surface area contributed by atoms with Crippen LogP contribution < -0.4 is 5.32 Å². The van der Waals surface area contributed by atoms with Gasteiger partial charge in [-0.05, 0) is 55.4 Å². The van der Waals surface area contributed by atoms with E-state index in [4.69, 9.17) is 5.10 Å². The van der Waals surface area contributed by atoms with Crippen molar-refractivity contribution in [3.63, 3.8) is 0 Å². The number of hydrogen-bond donors (Lipinski definition) is 2. The van der Waals surface area contributed by atoms with E-state index < -0.39 is 23.3 Å². The number of amides is 1. The van der Waals surface area contributed by atoms with E-state index in [1.807, 2.05) is 16.8 Å². The van der Waals surface area contributed by atoms with Gasteiger partial charge in [0.25, 0.3) is 5.91 Å². The lowest BCUT2D eigenvalue weighted by molar-refractivity contribution is 0.0940. The molecule has 0 radical (unpaired) electrons. The molecule has 4 aromatic rings. The van der Waals surface area contributed by atoms with Gasteiger partial charge in [0.05, 0.1) is 11.6 Å². The summed E-state index contributed by atoms with van der Waals surface area (Å²) < 4.78 is 29.0. The lowest BCUT2D eigenvalue weighted by Crippen LogP contribution is -2.31. The van der Waals surface area contributed by atoms with Gasteiger partial charge in [0.15, 0.2) is 17.4 Å². The highest BCUT2D eigenvalue weighted by Crippen LogP contribution is 2.33. The first-order chi connectivity index (χ1) is 16.5. The van der Waals surface area contributed by atoms with Gasteiger partial charge in [-0.15, -0.1) is 0 Å². The first-order valence-electron chi connectivity index (χ1n) is 11.2. The second kappa shape index (κ2) is 9.17. The van der Waals surface area contributed by atoms with Crippen LogP contribution in [-0.4, -0.2) is 37.3 Å². The predicted octanol–water partition coefficient (Wildman–Crippen LogP) is 4.64. The van der Waals surface area contributed by atoms with Crippen molar-refractivity contribution in [3.8, 4) is 16.9 Å². The first-order valence-corrected chi connectivity index (χ1v) is 11.2. The molecule has 1 aliphatic carbocycles. The zero-order valence-corrected chi connectivity index (χ0v) is 18.3. The SMILES string of the molecule is O=C(NC[C@H]1CC[C@H](n2cc3ccc(-c4cncnc4)cc3n2)CC1)c1cc(F)c(O)c(F)c1. The summed E-state index contributed by atoms with van der Waals surface area (Å²) in [5, 5.41) is 17.8. The Kier molecular flexibility index (Phi) is 5.91. The molecule has 7 nitrogen and oxygen atoms in total. The number of nitrogens with zero attached hydrogens (tertiary/aromatic N) is 4. The molecule has 0 atom stereocenters. The van der Waals surface area contributed by atoms with E-state index in [2.05, 4.69) is 27.5 Å². The minimum Gasteiger partial charge on any atom is -0.503 e. The highest BCUT2D eigenvalue weighted by Gasteiger charge is 2.24. The summed E-state index contributed by atoms with van der Waals surface area (Å²) in [6.07, 6.45) is 10.8. The number of phenols is 1. The second-order valence-electron chi connectivity index (χ2n) is 8.68. The van der Waals surface area contributed by atoms with Gasteiger partial charge < -0.3 is 10.4 Å². The molecule has 2 aromatic heterocycles. The molecule has 2 heterocycles. The Bertz CT molecular complexity index is 1310. The van der Waals surface area contributed by atoms with Crippen molar-refractivity contribution >= 4 is 16.8 Å². The van der Waals surface area contributed by atoms with Crippen LogP contribution in [-0.2, 0) is 0 Å². The van der Waals surface area contributed by atoms with E-state index in [0.717, 1.165) is 59.8 Å². The number of nitrogens with one attached hydrogen (secondary N) is 1. The maximum Gasteiger partial charge on any atom is 0.251 e. The number of carbonyl (C=O) groups excluding carboxylic acids is 1. The van der Waals surface area contributed by atoms with E-state index >= 15 is 0 Å². The fraction of sp³-hybridized carbons (Fsp3) is 0.280. The van der Waals surface area contributed by atoms with Crippen LogP contribution in [0.1, 0.15) is 42.1 Å². The zero-order valence-electron chi connectivity index (χ0n) is 18.3. The van der Waals surface area contributed by atoms with E-state index in [0.29, 0.717) is 6.54 Å². The molecule has 0 aliphatic heterocycles. The molecule has 0 unspecified atom stereocenters. The van der Waals surface area contributed by atoms with Crippen LogP contribution in [0.25, 0.3) is 22.0 Å². The van der Waals surface area contributed by atoms with Crippen LogP contribution >= 0.6 is 0 Å². The Labute approximate surface area is 194 Å². The number of carbonyl (C=O) groups is 1. The van der Waals surface area contributed by atoms with Crippen molar-refractivity contribution in [1.29, 1.82) is 0 Å². The fourth-order valence-corrected chi connectivity index (χ4v) is 4.50. The molecule has 1 aliphatic rings. The van der Waals surface area contributed by atoms with Gasteiger partial charge in [0.1, 0.15) is 6.33 Å². The van der Waals surface area contributed by atoms with Gasteiger partial charge >= 0.3 is 0 Å². The third-order valence-corrected chi connectivity index (χ3v) is 6.44. The molecule has 0 saturated heterocycles. The normalized spacial score (nSPS) is 18.2. The largest absolute Gasteiger partial charge is 0.503 e. The highest BCUT2D eigenvalue weighted by atomic mass is 19.1. The molecule has 5 rings (SSSR count). The number of aromatic nitrogens is 4. The first kappa shape index (κ1) is 21.9. The third kappa shape index (κ3) is 4.46. The minimum atomic E-state index is -1.15. The number of fused-ring (bicyclic) bond motifs is 1. The molecule has 1 fully saturated rings. The number of phenolic OH excluding ortho intramolecular Hbond substituents is 1. The van der Waals surface area contributed by atoms with Gasteiger partial charge in [-0.2, -0.15) is 5.10 Å². The van der Waals surface area contributed by atoms with Crippen molar-refractivity contribution in [1.82, 2.24) is 25.1 Å². The number of hydrogen-bond acceptors (Lipinski definition) is 5. The van der Waals surface area contributed by atoms with Gasteiger partial charge in [0, 0.05) is 41.6 Å². The van der Waals surface area contributed by atoms with Crippen LogP contribution in [0.3, 0.4) is 0 Å². The van der Waals surface area contributed by atoms with Crippen molar-refractivity contribution < 1.29 is 18.7 Å². The van der Waals surface area contributed by atoms with Crippen LogP contribution in [0.4, 0.5) is 8.78 Å². The number of rotatable bonds is 5. The molecule has 1 amide bonds. The molecule has 174 valence electrons. The summed E-state index contributed by atoms with van der Waals surface area (Å²) >= 11 is 0. The fourth-order valence-electron chi connectivity index (χ4n) is 4.50. The standard InChI is InChI=1S/C25H23F2N5O2/c26-21-7-18(8-22(27)24(21)33)25(34)30-10-15-1-5-20(6-2-15)32-13-17-4-3-16(9-23(17)31-32)19-11-28-14-29-12-19/h3-4,7-9,11-15,20,33H,1-2,5-6,10H2,(H,30,34)/t15-,20-. The maximum absolute atomic E-state index is 13.5. The summed E-state index contributed by atoms with van der Waals surface area (Å²) in [4.78, 5) is 20.4. The predicted molar refractivity (Wildman–Crippen MR) is 122 cm³/mol. The average molecular weight is 463 g/mol. The van der Waals surface area contributed by atoms with E-state index in [1.165, 1.54) is 6.33 Å². The van der Waals surface area contributed by atoms with Crippen LogP contribution in [0.5, 0.6) is 5.75 Å². The maximum atomic E-state index is 13.5. The quantitative estimate of drug-likeness (QED) is 0.450. The van der Waals surface area contributed by atoms with Gasteiger partial charge in [-0.3, -0.25) is 9.48 Å². The summed E-state index contributed by atoms with van der Waals surface area (Å²) in [6, 6.07) is 8.09. The molecular formula is C25H23F2N5O2. The highest BCUT2D eigenvalue weighted by molar-refractivity contribution is 5.94. The summed E-state index contributed by atoms with van der Waals surface area (Å²) in [5.74, 6) is -3.66. The number of halogens is 2. The van der Waals surface area contributed by atoms with Crippen LogP contribution in [0.2, 0.25) is 0 Å². The monoisotopic (exact) mass is 463 g/mol. The Morgan fingerprint density at radius 3 is 2.44 bits per heavy atom. The molecule has 2 aromatic carbocycles. The van der Waals surface area contributed by atoms with Crippen LogP contribution in [0.15, 0.2) is 55.2 Å². The lowest BCUT2D eigenvalue weighted by atomic mass is 9.86. The summed E-state index contributed by atoms with van der Waals surface area (Å²) in [5.41, 5.74) is 2.74. The molecule has 2 N–H and O–H groups in total. The van der Waals surface area contributed by atoms with Gasteiger partial charge in [0.2, 0.25) is 0 Å². The molecule has 34 heavy (non-hydrogen) atoms. The molecular weight excluding hydrogens is 440 g/mol. The van der Waals surface area contributed by atoms with Gasteiger partial charge in [-0.25, -0.2) is 18.7 Å². The van der Waals surface area contributed by atoms with Gasteiger partial charge in [-0.1, -0.05) is 12.1 Å². The minimum absolute atomic E-state index is 0.147. The Morgan fingerprint density at radius 2 is 1.74 bits per heavy atom. The Hall–Kier alpha value is -3.88. The molecule has 0 spiro atoms. The van der Waals surface area contributed by atoms with E-state index in [-0.39, 0.29) is 17.5 Å². The number of aromatic hydroxyl groups is 1. The van der Waals surface area contributed by atoms with Crippen molar-refractivity contribution in [2.75, 3.05) is 6.54 Å². The third-order valence-electron chi connectivity index (χ3n) is 6.44.